The highest BCUT2D eigenvalue weighted by molar-refractivity contribution is 7.09. The van der Waals surface area contributed by atoms with E-state index in [0.717, 1.165) is 30.1 Å². The maximum Gasteiger partial charge on any atom is 0.276 e. The molecular formula is C16H23ClN4O3S. The Hall–Kier alpha value is -1.48. The smallest absolute Gasteiger partial charge is 0.276 e. The highest BCUT2D eigenvalue weighted by atomic mass is 35.5. The first-order valence-corrected chi connectivity index (χ1v) is 8.89. The molecule has 0 saturated carbocycles. The van der Waals surface area contributed by atoms with Crippen LogP contribution in [0.5, 0.6) is 0 Å². The third kappa shape index (κ3) is 5.01. The zero-order chi connectivity index (χ0) is 16.9. The highest BCUT2D eigenvalue weighted by Gasteiger charge is 2.26. The number of aromatic nitrogens is 2. The van der Waals surface area contributed by atoms with Crippen LogP contribution in [0, 0.1) is 12.8 Å². The van der Waals surface area contributed by atoms with Gasteiger partial charge in [-0.2, -0.15) is 0 Å². The lowest BCUT2D eigenvalue weighted by molar-refractivity contribution is 0.0709. The van der Waals surface area contributed by atoms with Gasteiger partial charge < -0.3 is 19.5 Å². The second-order valence-corrected chi connectivity index (χ2v) is 6.96. The molecule has 1 aliphatic heterocycles. The standard InChI is InChI=1S/C16H22N4O3S.ClH/c1-11-15(24-10-18-11)8-20(7-12-3-4-17-6-12)16(21)14-5-13(9-22-2)23-19-14;/h5,10,12,17H,3-4,6-9H2,1-2H3;1H. The third-order valence-corrected chi connectivity index (χ3v) is 5.09. The topological polar surface area (TPSA) is 80.5 Å². The van der Waals surface area contributed by atoms with Gasteiger partial charge in [-0.05, 0) is 32.4 Å². The van der Waals surface area contributed by atoms with Gasteiger partial charge in [0.05, 0.1) is 17.7 Å². The van der Waals surface area contributed by atoms with Gasteiger partial charge in [0.15, 0.2) is 11.5 Å². The Morgan fingerprint density at radius 3 is 3.04 bits per heavy atom. The molecule has 3 heterocycles. The second-order valence-electron chi connectivity index (χ2n) is 6.02. The van der Waals surface area contributed by atoms with Crippen LogP contribution in [0.4, 0.5) is 0 Å². The van der Waals surface area contributed by atoms with Crippen molar-refractivity contribution in [3.05, 3.63) is 33.6 Å². The summed E-state index contributed by atoms with van der Waals surface area (Å²) in [6.07, 6.45) is 1.08. The summed E-state index contributed by atoms with van der Waals surface area (Å²) in [5.74, 6) is 0.908. The first kappa shape index (κ1) is 19.8. The number of ether oxygens (including phenoxy) is 1. The lowest BCUT2D eigenvalue weighted by atomic mass is 10.1. The van der Waals surface area contributed by atoms with E-state index in [4.69, 9.17) is 9.26 Å². The minimum Gasteiger partial charge on any atom is -0.377 e. The number of amides is 1. The predicted molar refractivity (Wildman–Crippen MR) is 97.0 cm³/mol. The van der Waals surface area contributed by atoms with Gasteiger partial charge in [0.2, 0.25) is 0 Å². The molecule has 1 N–H and O–H groups in total. The van der Waals surface area contributed by atoms with Gasteiger partial charge in [-0.25, -0.2) is 4.98 Å². The predicted octanol–water partition coefficient (Wildman–Crippen LogP) is 2.26. The van der Waals surface area contributed by atoms with Gasteiger partial charge in [0, 0.05) is 24.6 Å². The Morgan fingerprint density at radius 2 is 2.40 bits per heavy atom. The Kier molecular flexibility index (Phi) is 7.37. The number of thiazole rings is 1. The van der Waals surface area contributed by atoms with E-state index >= 15 is 0 Å². The molecule has 1 atom stereocenters. The summed E-state index contributed by atoms with van der Waals surface area (Å²) in [6.45, 7) is 5.49. The van der Waals surface area contributed by atoms with Crippen LogP contribution in [0.15, 0.2) is 16.1 Å². The molecule has 0 aromatic carbocycles. The first-order chi connectivity index (χ1) is 11.7. The van der Waals surface area contributed by atoms with Crippen molar-refractivity contribution in [3.63, 3.8) is 0 Å². The van der Waals surface area contributed by atoms with Crippen molar-refractivity contribution in [3.8, 4) is 0 Å². The molecule has 9 heteroatoms. The minimum absolute atomic E-state index is 0. The number of methoxy groups -OCH3 is 1. The van der Waals surface area contributed by atoms with Crippen molar-refractivity contribution in [1.29, 1.82) is 0 Å². The summed E-state index contributed by atoms with van der Waals surface area (Å²) in [5, 5.41) is 7.26. The molecule has 2 aromatic heterocycles. The minimum atomic E-state index is -0.110. The van der Waals surface area contributed by atoms with Crippen LogP contribution in [0.2, 0.25) is 0 Å². The largest absolute Gasteiger partial charge is 0.377 e. The van der Waals surface area contributed by atoms with Crippen LogP contribution >= 0.6 is 23.7 Å². The van der Waals surface area contributed by atoms with Crippen molar-refractivity contribution < 1.29 is 14.1 Å². The van der Waals surface area contributed by atoms with Gasteiger partial charge in [0.1, 0.15) is 6.61 Å². The van der Waals surface area contributed by atoms with Gasteiger partial charge >= 0.3 is 0 Å². The SMILES string of the molecule is COCc1cc(C(=O)N(Cc2scnc2C)CC2CCNC2)no1.Cl. The van der Waals surface area contributed by atoms with Crippen molar-refractivity contribution >= 4 is 29.7 Å². The molecule has 25 heavy (non-hydrogen) atoms. The van der Waals surface area contributed by atoms with Crippen molar-refractivity contribution in [2.45, 2.75) is 26.5 Å². The molecule has 1 amide bonds. The summed E-state index contributed by atoms with van der Waals surface area (Å²) in [6, 6.07) is 1.66. The Bertz CT molecular complexity index is 684. The average molecular weight is 387 g/mol. The summed E-state index contributed by atoms with van der Waals surface area (Å²) in [4.78, 5) is 20.2. The Morgan fingerprint density at radius 1 is 1.56 bits per heavy atom. The first-order valence-electron chi connectivity index (χ1n) is 8.01. The zero-order valence-electron chi connectivity index (χ0n) is 14.4. The summed E-state index contributed by atoms with van der Waals surface area (Å²) in [7, 11) is 1.58. The number of halogens is 1. The molecule has 1 unspecified atom stereocenters. The van der Waals surface area contributed by atoms with E-state index in [1.165, 1.54) is 0 Å². The van der Waals surface area contributed by atoms with E-state index in [9.17, 15) is 4.79 Å². The van der Waals surface area contributed by atoms with E-state index in [0.29, 0.717) is 37.1 Å². The molecule has 7 nitrogen and oxygen atoms in total. The molecule has 0 spiro atoms. The number of rotatable bonds is 7. The van der Waals surface area contributed by atoms with E-state index < -0.39 is 0 Å². The van der Waals surface area contributed by atoms with Crippen molar-refractivity contribution in [1.82, 2.24) is 20.4 Å². The molecule has 1 aliphatic rings. The van der Waals surface area contributed by atoms with E-state index in [1.54, 1.807) is 24.5 Å². The number of nitrogens with one attached hydrogen (secondary N) is 1. The number of nitrogens with zero attached hydrogens (tertiary/aromatic N) is 3. The third-order valence-electron chi connectivity index (χ3n) is 4.17. The Labute approximate surface area is 157 Å². The lowest BCUT2D eigenvalue weighted by Crippen LogP contribution is -2.35. The molecule has 1 saturated heterocycles. The summed E-state index contributed by atoms with van der Waals surface area (Å²) < 4.78 is 10.2. The van der Waals surface area contributed by atoms with E-state index in [2.05, 4.69) is 15.5 Å². The fourth-order valence-corrected chi connectivity index (χ4v) is 3.63. The molecule has 0 aliphatic carbocycles. The molecular weight excluding hydrogens is 364 g/mol. The van der Waals surface area contributed by atoms with Crippen LogP contribution in [0.25, 0.3) is 0 Å². The van der Waals surface area contributed by atoms with Crippen LogP contribution in [0.3, 0.4) is 0 Å². The fourth-order valence-electron chi connectivity index (χ4n) is 2.84. The van der Waals surface area contributed by atoms with Crippen LogP contribution < -0.4 is 5.32 Å². The molecule has 1 fully saturated rings. The average Bonchev–Trinajstić information content (AvgIpc) is 3.30. The number of hydrogen-bond donors (Lipinski definition) is 1. The van der Waals surface area contributed by atoms with Gasteiger partial charge in [-0.1, -0.05) is 5.16 Å². The number of hydrogen-bond acceptors (Lipinski definition) is 7. The number of carbonyl (C=O) groups is 1. The lowest BCUT2D eigenvalue weighted by Gasteiger charge is -2.24. The molecule has 2 aromatic rings. The maximum absolute atomic E-state index is 12.9. The van der Waals surface area contributed by atoms with Crippen molar-refractivity contribution in [2.75, 3.05) is 26.7 Å². The second kappa shape index (κ2) is 9.28. The number of carbonyl (C=O) groups excluding carboxylic acids is 1. The van der Waals surface area contributed by atoms with Crippen molar-refractivity contribution in [2.24, 2.45) is 5.92 Å². The number of aryl methyl sites for hydroxylation is 1. The Balaban J connectivity index is 0.00000225. The molecule has 138 valence electrons. The zero-order valence-corrected chi connectivity index (χ0v) is 16.0. The monoisotopic (exact) mass is 386 g/mol. The molecule has 0 bridgehead atoms. The molecule has 0 radical (unpaired) electrons. The maximum atomic E-state index is 12.9. The van der Waals surface area contributed by atoms with Gasteiger partial charge in [-0.15, -0.1) is 23.7 Å². The van der Waals surface area contributed by atoms with Gasteiger partial charge in [0.25, 0.3) is 5.91 Å². The van der Waals surface area contributed by atoms with Crippen LogP contribution in [-0.2, 0) is 17.9 Å². The van der Waals surface area contributed by atoms with E-state index in [1.807, 2.05) is 17.3 Å². The fraction of sp³-hybridized carbons (Fsp3) is 0.562. The summed E-state index contributed by atoms with van der Waals surface area (Å²) >= 11 is 1.58. The summed E-state index contributed by atoms with van der Waals surface area (Å²) in [5.41, 5.74) is 3.12. The molecule has 3 rings (SSSR count). The normalized spacial score (nSPS) is 16.6. The highest BCUT2D eigenvalue weighted by Crippen LogP contribution is 2.20. The van der Waals surface area contributed by atoms with Crippen LogP contribution in [0.1, 0.15) is 33.2 Å². The van der Waals surface area contributed by atoms with Gasteiger partial charge in [-0.3, -0.25) is 4.79 Å². The van der Waals surface area contributed by atoms with Crippen LogP contribution in [-0.4, -0.2) is 47.7 Å². The quantitative estimate of drug-likeness (QED) is 0.786. The van der Waals surface area contributed by atoms with E-state index in [-0.39, 0.29) is 18.3 Å².